The summed E-state index contributed by atoms with van der Waals surface area (Å²) in [5, 5.41) is 18.8. The summed E-state index contributed by atoms with van der Waals surface area (Å²) in [7, 11) is -3.66. The van der Waals surface area contributed by atoms with Crippen molar-refractivity contribution in [2.24, 2.45) is 0 Å². The van der Waals surface area contributed by atoms with Crippen molar-refractivity contribution in [3.05, 3.63) is 0 Å². The van der Waals surface area contributed by atoms with Gasteiger partial charge in [0.25, 0.3) is 7.52 Å². The molecule has 0 aliphatic rings. The van der Waals surface area contributed by atoms with Gasteiger partial charge in [0.05, 0.1) is 0 Å². The van der Waals surface area contributed by atoms with Gasteiger partial charge in [0.1, 0.15) is 6.04 Å². The molecule has 82 valence electrons. The second-order valence-electron chi connectivity index (χ2n) is 2.83. The Kier molecular flexibility index (Phi) is 4.76. The van der Waals surface area contributed by atoms with Gasteiger partial charge in [-0.2, -0.15) is 0 Å². The van der Waals surface area contributed by atoms with Gasteiger partial charge < -0.3 is 15.1 Å². The van der Waals surface area contributed by atoms with Crippen LogP contribution in [0.3, 0.4) is 0 Å². The third kappa shape index (κ3) is 6.59. The summed E-state index contributed by atoms with van der Waals surface area (Å²) >= 11 is 0. The Hall–Kier alpha value is -0.910. The van der Waals surface area contributed by atoms with Crippen LogP contribution in [0.2, 0.25) is 0 Å². The first-order valence-electron chi connectivity index (χ1n) is 3.75. The molecule has 0 amide bonds. The molecule has 0 aliphatic heterocycles. The predicted octanol–water partition coefficient (Wildman–Crippen LogP) is -0.291. The Balaban J connectivity index is 4.24. The van der Waals surface area contributed by atoms with Crippen molar-refractivity contribution in [1.29, 1.82) is 0 Å². The van der Waals surface area contributed by atoms with Gasteiger partial charge in [-0.15, -0.1) is 0 Å². The molecular formula is C6H12NO6P. The van der Waals surface area contributed by atoms with Crippen molar-refractivity contribution in [2.45, 2.75) is 18.9 Å². The van der Waals surface area contributed by atoms with Gasteiger partial charge in [0, 0.05) is 13.1 Å². The van der Waals surface area contributed by atoms with Crippen LogP contribution in [0.5, 0.6) is 0 Å². The Morgan fingerprint density at radius 2 is 1.93 bits per heavy atom. The molecule has 8 heteroatoms. The second-order valence-corrected chi connectivity index (χ2v) is 4.85. The van der Waals surface area contributed by atoms with E-state index in [1.54, 1.807) is 0 Å². The summed E-state index contributed by atoms with van der Waals surface area (Å²) in [5.74, 6) is -2.50. The molecule has 0 aromatic heterocycles. The Labute approximate surface area is 80.3 Å². The molecule has 0 spiro atoms. The molecule has 0 aromatic rings. The van der Waals surface area contributed by atoms with E-state index in [0.29, 0.717) is 0 Å². The molecule has 4 N–H and O–H groups in total. The van der Waals surface area contributed by atoms with Gasteiger partial charge in [0.2, 0.25) is 0 Å². The zero-order valence-corrected chi connectivity index (χ0v) is 8.40. The standard InChI is InChI=1S/C6H12NO6P/c1-14(12,13)7-4(6(10)11)2-3-5(8)9/h4H,2-3H2,1H3,(H,8,9)(H,10,11)(H2,7,12,13)/t4-/m0/s1. The van der Waals surface area contributed by atoms with E-state index in [1.165, 1.54) is 0 Å². The third-order valence-corrected chi connectivity index (χ3v) is 2.13. The summed E-state index contributed by atoms with van der Waals surface area (Å²) in [6.45, 7) is 0.948. The maximum atomic E-state index is 10.8. The lowest BCUT2D eigenvalue weighted by Crippen LogP contribution is -2.34. The average molecular weight is 225 g/mol. The summed E-state index contributed by atoms with van der Waals surface area (Å²) in [6, 6.07) is -1.31. The van der Waals surface area contributed by atoms with Crippen LogP contribution in [0.15, 0.2) is 0 Å². The Morgan fingerprint density at radius 3 is 2.21 bits per heavy atom. The molecule has 0 saturated carbocycles. The monoisotopic (exact) mass is 225 g/mol. The maximum Gasteiger partial charge on any atom is 0.321 e. The van der Waals surface area contributed by atoms with Crippen LogP contribution in [-0.4, -0.2) is 39.8 Å². The van der Waals surface area contributed by atoms with Crippen molar-refractivity contribution in [3.8, 4) is 0 Å². The van der Waals surface area contributed by atoms with Crippen LogP contribution < -0.4 is 5.09 Å². The smallest absolute Gasteiger partial charge is 0.321 e. The molecule has 0 fully saturated rings. The number of carbonyl (C=O) groups is 2. The molecule has 0 saturated heterocycles. The molecule has 14 heavy (non-hydrogen) atoms. The molecular weight excluding hydrogens is 213 g/mol. The van der Waals surface area contributed by atoms with Crippen LogP contribution in [0.25, 0.3) is 0 Å². The normalized spacial score (nSPS) is 17.0. The topological polar surface area (TPSA) is 124 Å². The van der Waals surface area contributed by atoms with E-state index in [2.05, 4.69) is 0 Å². The summed E-state index contributed by atoms with van der Waals surface area (Å²) in [4.78, 5) is 29.5. The van der Waals surface area contributed by atoms with E-state index in [-0.39, 0.29) is 12.8 Å². The number of rotatable bonds is 6. The number of hydrogen-bond donors (Lipinski definition) is 4. The van der Waals surface area contributed by atoms with Gasteiger partial charge in [-0.05, 0) is 6.42 Å². The molecule has 1 unspecified atom stereocenters. The summed E-state index contributed by atoms with van der Waals surface area (Å²) in [6.07, 6.45) is -0.604. The Morgan fingerprint density at radius 1 is 1.43 bits per heavy atom. The highest BCUT2D eigenvalue weighted by molar-refractivity contribution is 7.55. The molecule has 0 heterocycles. The van der Waals surface area contributed by atoms with E-state index in [1.807, 2.05) is 5.09 Å². The number of hydrogen-bond acceptors (Lipinski definition) is 3. The summed E-state index contributed by atoms with van der Waals surface area (Å²) < 4.78 is 10.8. The SMILES string of the molecule is CP(=O)(O)N[C@@H](CCC(=O)O)C(=O)O. The van der Waals surface area contributed by atoms with Crippen LogP contribution in [0.1, 0.15) is 12.8 Å². The highest BCUT2D eigenvalue weighted by Crippen LogP contribution is 2.30. The third-order valence-electron chi connectivity index (χ3n) is 1.34. The van der Waals surface area contributed by atoms with Crippen LogP contribution >= 0.6 is 7.52 Å². The first-order valence-corrected chi connectivity index (χ1v) is 5.85. The van der Waals surface area contributed by atoms with Crippen molar-refractivity contribution in [2.75, 3.05) is 6.66 Å². The van der Waals surface area contributed by atoms with E-state index in [4.69, 9.17) is 15.1 Å². The van der Waals surface area contributed by atoms with Gasteiger partial charge in [-0.1, -0.05) is 0 Å². The van der Waals surface area contributed by atoms with E-state index < -0.39 is 25.5 Å². The quantitative estimate of drug-likeness (QED) is 0.458. The van der Waals surface area contributed by atoms with Crippen molar-refractivity contribution >= 4 is 19.5 Å². The molecule has 2 atom stereocenters. The second kappa shape index (κ2) is 5.09. The number of carboxylic acids is 2. The van der Waals surface area contributed by atoms with Crippen molar-refractivity contribution in [1.82, 2.24) is 5.09 Å². The molecule has 0 rings (SSSR count). The first kappa shape index (κ1) is 13.1. The highest BCUT2D eigenvalue weighted by atomic mass is 31.2. The van der Waals surface area contributed by atoms with Gasteiger partial charge in [-0.25, -0.2) is 5.09 Å². The molecule has 0 bridgehead atoms. The van der Waals surface area contributed by atoms with Crippen molar-refractivity contribution < 1.29 is 29.3 Å². The average Bonchev–Trinajstić information content (AvgIpc) is 1.94. The zero-order valence-electron chi connectivity index (χ0n) is 7.51. The maximum absolute atomic E-state index is 10.8. The Bertz CT molecular complexity index is 271. The molecule has 0 radical (unpaired) electrons. The van der Waals surface area contributed by atoms with E-state index in [9.17, 15) is 14.2 Å². The van der Waals surface area contributed by atoms with Crippen LogP contribution in [0.4, 0.5) is 0 Å². The minimum absolute atomic E-state index is 0.233. The van der Waals surface area contributed by atoms with Gasteiger partial charge in [-0.3, -0.25) is 14.2 Å². The fourth-order valence-corrected chi connectivity index (χ4v) is 1.62. The number of aliphatic carboxylic acids is 2. The van der Waals surface area contributed by atoms with E-state index >= 15 is 0 Å². The van der Waals surface area contributed by atoms with Gasteiger partial charge in [0.15, 0.2) is 0 Å². The molecule has 0 aromatic carbocycles. The zero-order chi connectivity index (χ0) is 11.4. The summed E-state index contributed by atoms with van der Waals surface area (Å²) in [5.41, 5.74) is 0. The lowest BCUT2D eigenvalue weighted by Gasteiger charge is -2.15. The van der Waals surface area contributed by atoms with Crippen LogP contribution in [-0.2, 0) is 14.2 Å². The largest absolute Gasteiger partial charge is 0.481 e. The van der Waals surface area contributed by atoms with E-state index in [0.717, 1.165) is 6.66 Å². The van der Waals surface area contributed by atoms with Crippen LogP contribution in [0, 0.1) is 0 Å². The molecule has 0 aliphatic carbocycles. The minimum Gasteiger partial charge on any atom is -0.481 e. The molecule has 7 nitrogen and oxygen atoms in total. The lowest BCUT2D eigenvalue weighted by atomic mass is 10.2. The fraction of sp³-hybridized carbons (Fsp3) is 0.667. The van der Waals surface area contributed by atoms with Crippen molar-refractivity contribution in [3.63, 3.8) is 0 Å². The number of nitrogens with one attached hydrogen (secondary N) is 1. The predicted molar refractivity (Wildman–Crippen MR) is 47.2 cm³/mol. The first-order chi connectivity index (χ1) is 6.22. The fourth-order valence-electron chi connectivity index (χ4n) is 0.800. The highest BCUT2D eigenvalue weighted by Gasteiger charge is 2.24. The lowest BCUT2D eigenvalue weighted by molar-refractivity contribution is -0.140. The number of carboxylic acid groups (broad SMARTS) is 2. The minimum atomic E-state index is -3.66. The van der Waals surface area contributed by atoms with Gasteiger partial charge >= 0.3 is 11.9 Å².